The van der Waals surface area contributed by atoms with E-state index in [-0.39, 0.29) is 0 Å². The third kappa shape index (κ3) is 2.21. The predicted molar refractivity (Wildman–Crippen MR) is 79.8 cm³/mol. The molecule has 96 valence electrons. The molecule has 1 aliphatic carbocycles. The van der Waals surface area contributed by atoms with Crippen molar-refractivity contribution in [2.75, 3.05) is 0 Å². The van der Waals surface area contributed by atoms with E-state index < -0.39 is 0 Å². The molecule has 0 saturated heterocycles. The average Bonchev–Trinajstić information content (AvgIpc) is 2.64. The van der Waals surface area contributed by atoms with Crippen molar-refractivity contribution >= 4 is 26.8 Å². The monoisotopic (exact) mass is 306 g/mol. The van der Waals surface area contributed by atoms with E-state index in [2.05, 4.69) is 57.0 Å². The van der Waals surface area contributed by atoms with Crippen molar-refractivity contribution in [2.24, 2.45) is 0 Å². The van der Waals surface area contributed by atoms with Crippen molar-refractivity contribution in [3.05, 3.63) is 34.4 Å². The van der Waals surface area contributed by atoms with Crippen molar-refractivity contribution in [1.29, 1.82) is 0 Å². The normalized spacial score (nSPS) is 16.1. The van der Waals surface area contributed by atoms with Crippen molar-refractivity contribution in [3.8, 4) is 0 Å². The quantitative estimate of drug-likeness (QED) is 0.901. The molecule has 0 unspecified atom stereocenters. The van der Waals surface area contributed by atoms with E-state index in [0.717, 1.165) is 23.6 Å². The Morgan fingerprint density at radius 2 is 2.17 bits per heavy atom. The molecule has 0 aliphatic heterocycles. The van der Waals surface area contributed by atoms with Crippen LogP contribution in [0, 0.1) is 0 Å². The second kappa shape index (κ2) is 5.06. The van der Waals surface area contributed by atoms with Gasteiger partial charge in [0, 0.05) is 34.8 Å². The summed E-state index contributed by atoms with van der Waals surface area (Å²) in [6, 6.07) is 9.59. The first-order valence-electron chi connectivity index (χ1n) is 6.79. The van der Waals surface area contributed by atoms with E-state index in [1.807, 2.05) is 0 Å². The second-order valence-corrected chi connectivity index (χ2v) is 6.01. The van der Waals surface area contributed by atoms with Crippen LogP contribution in [0.25, 0.3) is 10.9 Å². The van der Waals surface area contributed by atoms with E-state index in [1.54, 1.807) is 0 Å². The van der Waals surface area contributed by atoms with Crippen molar-refractivity contribution in [2.45, 2.75) is 45.3 Å². The van der Waals surface area contributed by atoms with Crippen LogP contribution in [0.5, 0.6) is 0 Å². The molecule has 0 radical (unpaired) electrons. The van der Waals surface area contributed by atoms with Crippen LogP contribution >= 0.6 is 15.9 Å². The maximum atomic E-state index is 3.65. The molecule has 1 fully saturated rings. The molecule has 2 aromatic rings. The Morgan fingerprint density at radius 3 is 2.83 bits per heavy atom. The number of fused-ring (bicyclic) bond motifs is 1. The Morgan fingerprint density at radius 1 is 1.33 bits per heavy atom. The number of hydrogen-bond acceptors (Lipinski definition) is 1. The van der Waals surface area contributed by atoms with Crippen LogP contribution in [-0.2, 0) is 13.1 Å². The summed E-state index contributed by atoms with van der Waals surface area (Å²) in [4.78, 5) is 0. The Bertz CT molecular complexity index is 555. The van der Waals surface area contributed by atoms with Crippen molar-refractivity contribution in [3.63, 3.8) is 0 Å². The SMILES string of the molecule is CCn1c(CNC2CCC2)cc2ccc(Br)cc21. The standard InChI is InChI=1S/C15H19BrN2/c1-2-18-14(10-17-13-4-3-5-13)8-11-6-7-12(16)9-15(11)18/h6-9,13,17H,2-5,10H2,1H3. The molecule has 1 heterocycles. The molecule has 0 atom stereocenters. The maximum absolute atomic E-state index is 3.65. The summed E-state index contributed by atoms with van der Waals surface area (Å²) < 4.78 is 3.56. The van der Waals surface area contributed by atoms with Crippen LogP contribution in [0.1, 0.15) is 31.9 Å². The van der Waals surface area contributed by atoms with Gasteiger partial charge >= 0.3 is 0 Å². The molecule has 3 rings (SSSR count). The fourth-order valence-corrected chi connectivity index (χ4v) is 3.01. The Kier molecular flexibility index (Phi) is 3.44. The number of aryl methyl sites for hydroxylation is 1. The largest absolute Gasteiger partial charge is 0.344 e. The van der Waals surface area contributed by atoms with Gasteiger partial charge in [0.2, 0.25) is 0 Å². The third-order valence-electron chi connectivity index (χ3n) is 3.95. The van der Waals surface area contributed by atoms with Crippen LogP contribution < -0.4 is 5.32 Å². The molecule has 1 aliphatic rings. The summed E-state index contributed by atoms with van der Waals surface area (Å²) in [6.07, 6.45) is 4.08. The van der Waals surface area contributed by atoms with Gasteiger partial charge in [0.05, 0.1) is 0 Å². The number of aromatic nitrogens is 1. The maximum Gasteiger partial charge on any atom is 0.0494 e. The summed E-state index contributed by atoms with van der Waals surface area (Å²) in [7, 11) is 0. The number of nitrogens with one attached hydrogen (secondary N) is 1. The Hall–Kier alpha value is -0.800. The van der Waals surface area contributed by atoms with Gasteiger partial charge in [-0.1, -0.05) is 28.4 Å². The van der Waals surface area contributed by atoms with E-state index in [0.29, 0.717) is 0 Å². The molecule has 0 amide bonds. The molecule has 0 bridgehead atoms. The predicted octanol–water partition coefficient (Wildman–Crippen LogP) is 4.07. The summed E-state index contributed by atoms with van der Waals surface area (Å²) in [6.45, 7) is 4.24. The minimum atomic E-state index is 0.750. The molecule has 1 saturated carbocycles. The van der Waals surface area contributed by atoms with Gasteiger partial charge in [0.1, 0.15) is 0 Å². The number of hydrogen-bond donors (Lipinski definition) is 1. The summed E-state index contributed by atoms with van der Waals surface area (Å²) in [5.74, 6) is 0. The highest BCUT2D eigenvalue weighted by Gasteiger charge is 2.17. The molecular weight excluding hydrogens is 288 g/mol. The highest BCUT2D eigenvalue weighted by atomic mass is 79.9. The van der Waals surface area contributed by atoms with E-state index >= 15 is 0 Å². The molecule has 0 spiro atoms. The first-order valence-corrected chi connectivity index (χ1v) is 7.58. The minimum absolute atomic E-state index is 0.750. The zero-order valence-corrected chi connectivity index (χ0v) is 12.3. The van der Waals surface area contributed by atoms with Crippen LogP contribution in [0.4, 0.5) is 0 Å². The molecule has 1 aromatic carbocycles. The first kappa shape index (κ1) is 12.2. The second-order valence-electron chi connectivity index (χ2n) is 5.09. The van der Waals surface area contributed by atoms with Gasteiger partial charge in [-0.2, -0.15) is 0 Å². The van der Waals surface area contributed by atoms with Crippen LogP contribution in [0.2, 0.25) is 0 Å². The van der Waals surface area contributed by atoms with Gasteiger partial charge < -0.3 is 9.88 Å². The number of halogens is 1. The van der Waals surface area contributed by atoms with E-state index in [4.69, 9.17) is 0 Å². The Labute approximate surface area is 116 Å². The van der Waals surface area contributed by atoms with Gasteiger partial charge in [-0.3, -0.25) is 0 Å². The zero-order chi connectivity index (χ0) is 12.5. The zero-order valence-electron chi connectivity index (χ0n) is 10.7. The van der Waals surface area contributed by atoms with Gasteiger partial charge in [-0.25, -0.2) is 0 Å². The summed E-state index contributed by atoms with van der Waals surface area (Å²) in [5, 5.41) is 4.99. The van der Waals surface area contributed by atoms with Crippen LogP contribution in [-0.4, -0.2) is 10.6 Å². The lowest BCUT2D eigenvalue weighted by molar-refractivity contribution is 0.335. The fourth-order valence-electron chi connectivity index (χ4n) is 2.67. The molecule has 1 N–H and O–H groups in total. The Balaban J connectivity index is 1.89. The lowest BCUT2D eigenvalue weighted by Gasteiger charge is -2.26. The van der Waals surface area contributed by atoms with Crippen molar-refractivity contribution in [1.82, 2.24) is 9.88 Å². The number of nitrogens with zero attached hydrogens (tertiary/aromatic N) is 1. The molecule has 1 aromatic heterocycles. The van der Waals surface area contributed by atoms with Gasteiger partial charge in [0.25, 0.3) is 0 Å². The highest BCUT2D eigenvalue weighted by Crippen LogP contribution is 2.25. The fraction of sp³-hybridized carbons (Fsp3) is 0.467. The van der Waals surface area contributed by atoms with Crippen LogP contribution in [0.15, 0.2) is 28.7 Å². The summed E-state index contributed by atoms with van der Waals surface area (Å²) in [5.41, 5.74) is 2.73. The van der Waals surface area contributed by atoms with E-state index in [1.165, 1.54) is 35.9 Å². The van der Waals surface area contributed by atoms with Crippen LogP contribution in [0.3, 0.4) is 0 Å². The first-order chi connectivity index (χ1) is 8.78. The smallest absolute Gasteiger partial charge is 0.0494 e. The lowest BCUT2D eigenvalue weighted by Crippen LogP contribution is -2.35. The topological polar surface area (TPSA) is 17.0 Å². The number of rotatable bonds is 4. The van der Waals surface area contributed by atoms with Crippen molar-refractivity contribution < 1.29 is 0 Å². The van der Waals surface area contributed by atoms with E-state index in [9.17, 15) is 0 Å². The lowest BCUT2D eigenvalue weighted by atomic mass is 9.93. The van der Waals surface area contributed by atoms with Gasteiger partial charge in [-0.15, -0.1) is 0 Å². The molecule has 3 heteroatoms. The van der Waals surface area contributed by atoms with Gasteiger partial charge in [-0.05, 0) is 43.4 Å². The van der Waals surface area contributed by atoms with Gasteiger partial charge in [0.15, 0.2) is 0 Å². The molecule has 18 heavy (non-hydrogen) atoms. The number of benzene rings is 1. The highest BCUT2D eigenvalue weighted by molar-refractivity contribution is 9.10. The average molecular weight is 307 g/mol. The molecular formula is C15H19BrN2. The molecule has 2 nitrogen and oxygen atoms in total. The third-order valence-corrected chi connectivity index (χ3v) is 4.44. The minimum Gasteiger partial charge on any atom is -0.344 e. The summed E-state index contributed by atoms with van der Waals surface area (Å²) >= 11 is 3.56.